The summed E-state index contributed by atoms with van der Waals surface area (Å²) in [7, 11) is -3.49. The molecular weight excluding hydrogens is 264 g/mol. The fourth-order valence-corrected chi connectivity index (χ4v) is 2.60. The predicted octanol–water partition coefficient (Wildman–Crippen LogP) is 1.14. The van der Waals surface area contributed by atoms with E-state index in [1.807, 2.05) is 6.07 Å². The minimum Gasteiger partial charge on any atom is -0.389 e. The molecule has 0 aromatic heterocycles. The quantitative estimate of drug-likeness (QED) is 0.818. The van der Waals surface area contributed by atoms with Crippen molar-refractivity contribution in [2.75, 3.05) is 6.54 Å². The fraction of sp³-hybridized carbons (Fsp3) is 0.462. The Hall–Kier alpha value is -1.42. The average molecular weight is 282 g/mol. The van der Waals surface area contributed by atoms with Crippen molar-refractivity contribution in [3.05, 3.63) is 35.4 Å². The highest BCUT2D eigenvalue weighted by Gasteiger charge is 2.21. The van der Waals surface area contributed by atoms with Gasteiger partial charge >= 0.3 is 0 Å². The Kier molecular flexibility index (Phi) is 5.06. The number of rotatable bonds is 6. The molecule has 0 saturated carbocycles. The average Bonchev–Trinajstić information content (AvgIpc) is 2.37. The summed E-state index contributed by atoms with van der Waals surface area (Å²) >= 11 is 0. The van der Waals surface area contributed by atoms with Crippen LogP contribution in [-0.4, -0.2) is 25.7 Å². The van der Waals surface area contributed by atoms with Crippen LogP contribution in [0.1, 0.15) is 31.4 Å². The Morgan fingerprint density at radius 3 is 2.42 bits per heavy atom. The highest BCUT2D eigenvalue weighted by molar-refractivity contribution is 7.88. The fourth-order valence-electron chi connectivity index (χ4n) is 1.34. The molecule has 0 saturated heterocycles. The lowest BCUT2D eigenvalue weighted by Gasteiger charge is -2.21. The first-order valence-corrected chi connectivity index (χ1v) is 7.62. The van der Waals surface area contributed by atoms with E-state index in [0.717, 1.165) is 0 Å². The summed E-state index contributed by atoms with van der Waals surface area (Å²) in [4.78, 5) is 0. The van der Waals surface area contributed by atoms with Crippen molar-refractivity contribution in [1.82, 2.24) is 4.72 Å². The second-order valence-electron chi connectivity index (χ2n) is 4.74. The van der Waals surface area contributed by atoms with Gasteiger partial charge in [0, 0.05) is 6.54 Å². The van der Waals surface area contributed by atoms with Crippen LogP contribution in [0, 0.1) is 11.3 Å². The first-order valence-electron chi connectivity index (χ1n) is 5.97. The van der Waals surface area contributed by atoms with Gasteiger partial charge in [0.05, 0.1) is 23.0 Å². The topological polar surface area (TPSA) is 90.2 Å². The minimum atomic E-state index is -3.49. The zero-order valence-corrected chi connectivity index (χ0v) is 11.9. The number of sulfonamides is 1. The molecule has 1 unspecified atom stereocenters. The van der Waals surface area contributed by atoms with Gasteiger partial charge in [-0.15, -0.1) is 0 Å². The van der Waals surface area contributed by atoms with Gasteiger partial charge in [0.15, 0.2) is 0 Å². The van der Waals surface area contributed by atoms with Gasteiger partial charge < -0.3 is 5.11 Å². The summed E-state index contributed by atoms with van der Waals surface area (Å²) in [5, 5.41) is 18.4. The monoisotopic (exact) mass is 282 g/mol. The number of benzene rings is 1. The van der Waals surface area contributed by atoms with Crippen molar-refractivity contribution >= 4 is 10.0 Å². The van der Waals surface area contributed by atoms with Crippen LogP contribution in [0.3, 0.4) is 0 Å². The Bertz CT molecular complexity index is 557. The third-order valence-corrected chi connectivity index (χ3v) is 4.17. The second kappa shape index (κ2) is 6.15. The maximum Gasteiger partial charge on any atom is 0.215 e. The molecule has 0 aliphatic heterocycles. The highest BCUT2D eigenvalue weighted by Crippen LogP contribution is 2.10. The third-order valence-electron chi connectivity index (χ3n) is 2.87. The molecular formula is C13H18N2O3S. The van der Waals surface area contributed by atoms with E-state index in [1.54, 1.807) is 38.1 Å². The molecule has 1 rings (SSSR count). The van der Waals surface area contributed by atoms with Gasteiger partial charge in [-0.25, -0.2) is 13.1 Å². The van der Waals surface area contributed by atoms with Gasteiger partial charge in [0.2, 0.25) is 10.0 Å². The SMILES string of the molecule is CCC(C)(O)CNS(=O)(=O)Cc1ccc(C#N)cc1. The lowest BCUT2D eigenvalue weighted by molar-refractivity contribution is 0.0613. The molecule has 1 aromatic rings. The first-order chi connectivity index (χ1) is 8.78. The van der Waals surface area contributed by atoms with Crippen molar-refractivity contribution in [1.29, 1.82) is 5.26 Å². The van der Waals surface area contributed by atoms with E-state index in [-0.39, 0.29) is 12.3 Å². The van der Waals surface area contributed by atoms with Crippen LogP contribution < -0.4 is 4.72 Å². The Labute approximate surface area is 113 Å². The second-order valence-corrected chi connectivity index (χ2v) is 6.55. The number of hydrogen-bond donors (Lipinski definition) is 2. The van der Waals surface area contributed by atoms with E-state index in [2.05, 4.69) is 4.72 Å². The summed E-state index contributed by atoms with van der Waals surface area (Å²) in [5.41, 5.74) is 0.0447. The number of aliphatic hydroxyl groups is 1. The molecule has 0 spiro atoms. The molecule has 1 aromatic carbocycles. The van der Waals surface area contributed by atoms with Gasteiger partial charge in [0.25, 0.3) is 0 Å². The molecule has 0 heterocycles. The van der Waals surface area contributed by atoms with Crippen LogP contribution in [0.4, 0.5) is 0 Å². The van der Waals surface area contributed by atoms with E-state index in [0.29, 0.717) is 17.5 Å². The van der Waals surface area contributed by atoms with Crippen molar-refractivity contribution in [3.8, 4) is 6.07 Å². The maximum absolute atomic E-state index is 11.8. The lowest BCUT2D eigenvalue weighted by Crippen LogP contribution is -2.40. The Balaban J connectivity index is 2.66. The summed E-state index contributed by atoms with van der Waals surface area (Å²) in [5.74, 6) is -0.168. The van der Waals surface area contributed by atoms with E-state index in [4.69, 9.17) is 5.26 Å². The van der Waals surface area contributed by atoms with Crippen LogP contribution >= 0.6 is 0 Å². The number of nitriles is 1. The molecule has 19 heavy (non-hydrogen) atoms. The van der Waals surface area contributed by atoms with Crippen molar-refractivity contribution in [2.24, 2.45) is 0 Å². The van der Waals surface area contributed by atoms with E-state index in [9.17, 15) is 13.5 Å². The Morgan fingerprint density at radius 1 is 1.37 bits per heavy atom. The van der Waals surface area contributed by atoms with E-state index >= 15 is 0 Å². The van der Waals surface area contributed by atoms with Gasteiger partial charge in [-0.2, -0.15) is 5.26 Å². The first kappa shape index (κ1) is 15.6. The zero-order valence-electron chi connectivity index (χ0n) is 11.0. The summed E-state index contributed by atoms with van der Waals surface area (Å²) in [6.07, 6.45) is 0.465. The van der Waals surface area contributed by atoms with Crippen LogP contribution in [0.2, 0.25) is 0 Å². The normalized spacial score (nSPS) is 14.6. The molecule has 0 bridgehead atoms. The number of nitrogens with zero attached hydrogens (tertiary/aromatic N) is 1. The van der Waals surface area contributed by atoms with E-state index in [1.165, 1.54) is 0 Å². The molecule has 0 aliphatic rings. The van der Waals surface area contributed by atoms with Crippen LogP contribution in [0.25, 0.3) is 0 Å². The third kappa shape index (κ3) is 5.39. The van der Waals surface area contributed by atoms with Crippen LogP contribution in [0.15, 0.2) is 24.3 Å². The molecule has 0 aliphatic carbocycles. The molecule has 104 valence electrons. The van der Waals surface area contributed by atoms with Gasteiger partial charge in [0.1, 0.15) is 0 Å². The van der Waals surface area contributed by atoms with Crippen molar-refractivity contribution in [3.63, 3.8) is 0 Å². The number of hydrogen-bond acceptors (Lipinski definition) is 4. The predicted molar refractivity (Wildman–Crippen MR) is 72.7 cm³/mol. The van der Waals surface area contributed by atoms with E-state index < -0.39 is 15.6 Å². The zero-order chi connectivity index (χ0) is 14.5. The van der Waals surface area contributed by atoms with Crippen LogP contribution in [-0.2, 0) is 15.8 Å². The summed E-state index contributed by atoms with van der Waals surface area (Å²) in [6.45, 7) is 3.36. The molecule has 2 N–H and O–H groups in total. The summed E-state index contributed by atoms with van der Waals surface area (Å²) < 4.78 is 26.0. The molecule has 5 nitrogen and oxygen atoms in total. The molecule has 6 heteroatoms. The van der Waals surface area contributed by atoms with Crippen molar-refractivity contribution in [2.45, 2.75) is 31.6 Å². The largest absolute Gasteiger partial charge is 0.389 e. The van der Waals surface area contributed by atoms with Gasteiger partial charge in [-0.1, -0.05) is 19.1 Å². The smallest absolute Gasteiger partial charge is 0.215 e. The lowest BCUT2D eigenvalue weighted by atomic mass is 10.1. The number of nitrogens with one attached hydrogen (secondary N) is 1. The Morgan fingerprint density at radius 2 is 1.95 bits per heavy atom. The van der Waals surface area contributed by atoms with Gasteiger partial charge in [-0.3, -0.25) is 0 Å². The minimum absolute atomic E-state index is 0.0118. The molecule has 0 fully saturated rings. The molecule has 1 atom stereocenters. The maximum atomic E-state index is 11.8. The molecule has 0 amide bonds. The standard InChI is InChI=1S/C13H18N2O3S/c1-3-13(2,16)10-15-19(17,18)9-12-6-4-11(8-14)5-7-12/h4-7,15-16H,3,9-10H2,1-2H3. The summed E-state index contributed by atoms with van der Waals surface area (Å²) in [6, 6.07) is 8.34. The molecule has 0 radical (unpaired) electrons. The van der Waals surface area contributed by atoms with Gasteiger partial charge in [-0.05, 0) is 31.0 Å². The van der Waals surface area contributed by atoms with Crippen molar-refractivity contribution < 1.29 is 13.5 Å². The van der Waals surface area contributed by atoms with Crippen LogP contribution in [0.5, 0.6) is 0 Å². The highest BCUT2D eigenvalue weighted by atomic mass is 32.2.